The Balaban J connectivity index is 1.65. The van der Waals surface area contributed by atoms with E-state index in [1.54, 1.807) is 12.3 Å². The van der Waals surface area contributed by atoms with Gasteiger partial charge in [0.15, 0.2) is 0 Å². The van der Waals surface area contributed by atoms with Gasteiger partial charge in [-0.3, -0.25) is 4.79 Å². The lowest BCUT2D eigenvalue weighted by Crippen LogP contribution is -2.33. The number of aromatic nitrogens is 1. The van der Waals surface area contributed by atoms with Crippen molar-refractivity contribution in [2.24, 2.45) is 0 Å². The van der Waals surface area contributed by atoms with Gasteiger partial charge in [-0.2, -0.15) is 0 Å². The molecule has 5 nitrogen and oxygen atoms in total. The van der Waals surface area contributed by atoms with Crippen molar-refractivity contribution in [3.05, 3.63) is 22.8 Å². The maximum absolute atomic E-state index is 11.7. The number of nitrogens with zero attached hydrogens (tertiary/aromatic N) is 1. The second-order valence-corrected chi connectivity index (χ2v) is 5.40. The average Bonchev–Trinajstić information content (AvgIpc) is 2.43. The van der Waals surface area contributed by atoms with Crippen LogP contribution in [0.25, 0.3) is 0 Å². The Morgan fingerprint density at radius 2 is 2.26 bits per heavy atom. The Morgan fingerprint density at radius 1 is 1.47 bits per heavy atom. The SMILES string of the molecule is O=C(CCOC1CCNCC1)Nc1ccc(Br)cn1. The summed E-state index contributed by atoms with van der Waals surface area (Å²) in [5, 5.41) is 6.02. The fourth-order valence-corrected chi connectivity index (χ4v) is 2.17. The molecule has 0 spiro atoms. The summed E-state index contributed by atoms with van der Waals surface area (Å²) in [7, 11) is 0. The summed E-state index contributed by atoms with van der Waals surface area (Å²) in [6.07, 6.45) is 4.36. The molecule has 0 unspecified atom stereocenters. The van der Waals surface area contributed by atoms with Crippen LogP contribution in [0.4, 0.5) is 5.82 Å². The van der Waals surface area contributed by atoms with Crippen molar-refractivity contribution >= 4 is 27.7 Å². The molecule has 1 saturated heterocycles. The van der Waals surface area contributed by atoms with Crippen LogP contribution in [0, 0.1) is 0 Å². The van der Waals surface area contributed by atoms with E-state index in [-0.39, 0.29) is 5.91 Å². The Labute approximate surface area is 121 Å². The van der Waals surface area contributed by atoms with Crippen molar-refractivity contribution in [2.45, 2.75) is 25.4 Å². The van der Waals surface area contributed by atoms with E-state index >= 15 is 0 Å². The first-order valence-electron chi connectivity index (χ1n) is 6.48. The lowest BCUT2D eigenvalue weighted by molar-refractivity contribution is -0.117. The Kier molecular flexibility index (Phi) is 5.75. The number of halogens is 1. The molecule has 6 heteroatoms. The number of anilines is 1. The van der Waals surface area contributed by atoms with Crippen molar-refractivity contribution in [3.63, 3.8) is 0 Å². The Hall–Kier alpha value is -0.980. The lowest BCUT2D eigenvalue weighted by Gasteiger charge is -2.22. The maximum Gasteiger partial charge on any atom is 0.227 e. The highest BCUT2D eigenvalue weighted by Gasteiger charge is 2.13. The first-order valence-corrected chi connectivity index (χ1v) is 7.27. The van der Waals surface area contributed by atoms with Gasteiger partial charge >= 0.3 is 0 Å². The van der Waals surface area contributed by atoms with Crippen LogP contribution in [0.3, 0.4) is 0 Å². The van der Waals surface area contributed by atoms with E-state index in [4.69, 9.17) is 4.74 Å². The summed E-state index contributed by atoms with van der Waals surface area (Å²) in [6, 6.07) is 3.60. The van der Waals surface area contributed by atoms with Gasteiger partial charge in [0.2, 0.25) is 5.91 Å². The van der Waals surface area contributed by atoms with E-state index in [1.807, 2.05) is 6.07 Å². The van der Waals surface area contributed by atoms with Crippen molar-refractivity contribution in [1.82, 2.24) is 10.3 Å². The summed E-state index contributed by atoms with van der Waals surface area (Å²) in [5.41, 5.74) is 0. The molecule has 2 heterocycles. The highest BCUT2D eigenvalue weighted by Crippen LogP contribution is 2.11. The molecular formula is C13H18BrN3O2. The van der Waals surface area contributed by atoms with Crippen LogP contribution in [-0.2, 0) is 9.53 Å². The second kappa shape index (κ2) is 7.57. The van der Waals surface area contributed by atoms with E-state index in [1.165, 1.54) is 0 Å². The number of hydrogen-bond acceptors (Lipinski definition) is 4. The molecular weight excluding hydrogens is 310 g/mol. The van der Waals surface area contributed by atoms with Crippen LogP contribution >= 0.6 is 15.9 Å². The van der Waals surface area contributed by atoms with Gasteiger partial charge in [0.25, 0.3) is 0 Å². The molecule has 0 bridgehead atoms. The van der Waals surface area contributed by atoms with Gasteiger partial charge in [-0.1, -0.05) is 0 Å². The molecule has 0 aromatic carbocycles. The molecule has 1 fully saturated rings. The van der Waals surface area contributed by atoms with Crippen LogP contribution < -0.4 is 10.6 Å². The highest BCUT2D eigenvalue weighted by molar-refractivity contribution is 9.10. The van der Waals surface area contributed by atoms with Gasteiger partial charge < -0.3 is 15.4 Å². The molecule has 0 saturated carbocycles. The molecule has 1 aromatic heterocycles. The number of pyridine rings is 1. The molecule has 104 valence electrons. The first-order chi connectivity index (χ1) is 9.24. The summed E-state index contributed by atoms with van der Waals surface area (Å²) in [6.45, 7) is 2.46. The monoisotopic (exact) mass is 327 g/mol. The van der Waals surface area contributed by atoms with Crippen LogP contribution in [0.1, 0.15) is 19.3 Å². The third-order valence-electron chi connectivity index (χ3n) is 2.96. The number of rotatable bonds is 5. The largest absolute Gasteiger partial charge is 0.378 e. The van der Waals surface area contributed by atoms with E-state index in [0.717, 1.165) is 30.4 Å². The standard InChI is InChI=1S/C13H18BrN3O2/c14-10-1-2-12(16-9-10)17-13(18)5-8-19-11-3-6-15-7-4-11/h1-2,9,11,15H,3-8H2,(H,16,17,18). The van der Waals surface area contributed by atoms with Crippen molar-refractivity contribution in [3.8, 4) is 0 Å². The number of nitrogens with one attached hydrogen (secondary N) is 2. The number of piperidine rings is 1. The smallest absolute Gasteiger partial charge is 0.227 e. The molecule has 1 amide bonds. The zero-order chi connectivity index (χ0) is 13.5. The summed E-state index contributed by atoms with van der Waals surface area (Å²) >= 11 is 3.30. The first kappa shape index (κ1) is 14.4. The molecule has 0 aliphatic carbocycles. The molecule has 1 aromatic rings. The van der Waals surface area contributed by atoms with Crippen molar-refractivity contribution in [2.75, 3.05) is 25.0 Å². The molecule has 0 atom stereocenters. The summed E-state index contributed by atoms with van der Waals surface area (Å²) < 4.78 is 6.57. The lowest BCUT2D eigenvalue weighted by atomic mass is 10.1. The van der Waals surface area contributed by atoms with E-state index in [2.05, 4.69) is 31.5 Å². The minimum atomic E-state index is -0.0660. The Bertz CT molecular complexity index is 405. The predicted octanol–water partition coefficient (Wildman–Crippen LogP) is 1.94. The molecule has 2 rings (SSSR count). The van der Waals surface area contributed by atoms with Gasteiger partial charge in [0, 0.05) is 10.7 Å². The molecule has 2 N–H and O–H groups in total. The molecule has 19 heavy (non-hydrogen) atoms. The third kappa shape index (κ3) is 5.26. The van der Waals surface area contributed by atoms with Gasteiger partial charge in [-0.15, -0.1) is 0 Å². The number of hydrogen-bond donors (Lipinski definition) is 2. The fraction of sp³-hybridized carbons (Fsp3) is 0.538. The van der Waals surface area contributed by atoms with Gasteiger partial charge in [0.05, 0.1) is 19.1 Å². The minimum Gasteiger partial charge on any atom is -0.378 e. The van der Waals surface area contributed by atoms with Crippen LogP contribution in [0.5, 0.6) is 0 Å². The number of ether oxygens (including phenoxy) is 1. The molecule has 1 aliphatic heterocycles. The number of carbonyl (C=O) groups excluding carboxylic acids is 1. The van der Waals surface area contributed by atoms with E-state index < -0.39 is 0 Å². The summed E-state index contributed by atoms with van der Waals surface area (Å²) in [5.74, 6) is 0.499. The van der Waals surface area contributed by atoms with Gasteiger partial charge in [-0.25, -0.2) is 4.98 Å². The maximum atomic E-state index is 11.7. The van der Waals surface area contributed by atoms with Crippen LogP contribution in [0.2, 0.25) is 0 Å². The molecule has 0 radical (unpaired) electrons. The predicted molar refractivity (Wildman–Crippen MR) is 77.0 cm³/mol. The quantitative estimate of drug-likeness (QED) is 0.867. The minimum absolute atomic E-state index is 0.0660. The average molecular weight is 328 g/mol. The third-order valence-corrected chi connectivity index (χ3v) is 3.43. The summed E-state index contributed by atoms with van der Waals surface area (Å²) in [4.78, 5) is 15.8. The molecule has 1 aliphatic rings. The van der Waals surface area contributed by atoms with Crippen molar-refractivity contribution in [1.29, 1.82) is 0 Å². The zero-order valence-corrected chi connectivity index (χ0v) is 12.3. The van der Waals surface area contributed by atoms with Crippen molar-refractivity contribution < 1.29 is 9.53 Å². The normalized spacial score (nSPS) is 16.3. The topological polar surface area (TPSA) is 63.2 Å². The fourth-order valence-electron chi connectivity index (χ4n) is 1.94. The van der Waals surface area contributed by atoms with Crippen LogP contribution in [-0.4, -0.2) is 36.7 Å². The van der Waals surface area contributed by atoms with Crippen LogP contribution in [0.15, 0.2) is 22.8 Å². The number of amides is 1. The van der Waals surface area contributed by atoms with Gasteiger partial charge in [0.1, 0.15) is 5.82 Å². The number of carbonyl (C=O) groups is 1. The Morgan fingerprint density at radius 3 is 2.95 bits per heavy atom. The highest BCUT2D eigenvalue weighted by atomic mass is 79.9. The zero-order valence-electron chi connectivity index (χ0n) is 10.7. The van der Waals surface area contributed by atoms with E-state index in [0.29, 0.717) is 24.9 Å². The second-order valence-electron chi connectivity index (χ2n) is 4.48. The van der Waals surface area contributed by atoms with E-state index in [9.17, 15) is 4.79 Å². The van der Waals surface area contributed by atoms with Gasteiger partial charge in [-0.05, 0) is 54.0 Å².